The molecule has 0 bridgehead atoms. The average Bonchev–Trinajstić information content (AvgIpc) is 3.07. The molecule has 3 aromatic rings. The number of carbonyl (C=O) groups is 3. The third kappa shape index (κ3) is 4.94. The number of hydrogen-bond donors (Lipinski definition) is 2. The van der Waals surface area contributed by atoms with Crippen molar-refractivity contribution in [1.29, 1.82) is 0 Å². The van der Waals surface area contributed by atoms with Crippen molar-refractivity contribution in [2.45, 2.75) is 0 Å². The number of methoxy groups -OCH3 is 2. The van der Waals surface area contributed by atoms with E-state index in [-0.39, 0.29) is 28.1 Å². The van der Waals surface area contributed by atoms with Gasteiger partial charge in [0.1, 0.15) is 22.2 Å². The number of ether oxygens (including phenoxy) is 2. The van der Waals surface area contributed by atoms with Crippen molar-refractivity contribution in [3.8, 4) is 11.5 Å². The second-order valence-electron chi connectivity index (χ2n) is 7.34. The Kier molecular flexibility index (Phi) is 6.95. The lowest BCUT2D eigenvalue weighted by Gasteiger charge is -2.18. The van der Waals surface area contributed by atoms with Crippen LogP contribution in [0.15, 0.2) is 77.5 Å². The van der Waals surface area contributed by atoms with Gasteiger partial charge >= 0.3 is 0 Å². The Morgan fingerprint density at radius 3 is 2.26 bits per heavy atom. The fourth-order valence-corrected chi connectivity index (χ4v) is 3.82. The van der Waals surface area contributed by atoms with E-state index >= 15 is 0 Å². The smallest absolute Gasteiger partial charge is 0.283 e. The van der Waals surface area contributed by atoms with E-state index in [1.807, 2.05) is 0 Å². The fraction of sp³-hybridized carbons (Fsp3) is 0.0800. The van der Waals surface area contributed by atoms with Gasteiger partial charge in [0, 0.05) is 28.0 Å². The predicted molar refractivity (Wildman–Crippen MR) is 134 cm³/mol. The minimum absolute atomic E-state index is 0.0920. The minimum atomic E-state index is -0.694. The van der Waals surface area contributed by atoms with E-state index in [9.17, 15) is 14.4 Å². The van der Waals surface area contributed by atoms with Gasteiger partial charge in [0.2, 0.25) is 0 Å². The molecule has 1 heterocycles. The first kappa shape index (κ1) is 24.1. The first-order chi connectivity index (χ1) is 16.8. The molecule has 35 heavy (non-hydrogen) atoms. The van der Waals surface area contributed by atoms with E-state index in [4.69, 9.17) is 32.7 Å². The largest absolute Gasteiger partial charge is 0.497 e. The lowest BCUT2D eigenvalue weighted by Crippen LogP contribution is -2.32. The first-order valence-electron chi connectivity index (χ1n) is 10.3. The summed E-state index contributed by atoms with van der Waals surface area (Å²) in [5.41, 5.74) is 1.54. The number of benzene rings is 3. The number of imide groups is 1. The molecule has 2 N–H and O–H groups in total. The maximum atomic E-state index is 13.1. The summed E-state index contributed by atoms with van der Waals surface area (Å²) < 4.78 is 10.5. The zero-order valence-electron chi connectivity index (χ0n) is 18.6. The molecule has 0 saturated carbocycles. The summed E-state index contributed by atoms with van der Waals surface area (Å²) in [5, 5.41) is 5.87. The summed E-state index contributed by atoms with van der Waals surface area (Å²) in [6.07, 6.45) is 0. The van der Waals surface area contributed by atoms with Crippen molar-refractivity contribution in [2.75, 3.05) is 29.8 Å². The molecule has 4 rings (SSSR count). The lowest BCUT2D eigenvalue weighted by atomic mass is 10.2. The van der Waals surface area contributed by atoms with Crippen LogP contribution >= 0.6 is 23.2 Å². The summed E-state index contributed by atoms with van der Waals surface area (Å²) in [6.45, 7) is 0. The van der Waals surface area contributed by atoms with Gasteiger partial charge in [-0.1, -0.05) is 29.3 Å². The summed E-state index contributed by atoms with van der Waals surface area (Å²) in [6, 6.07) is 17.8. The van der Waals surface area contributed by atoms with Crippen LogP contribution in [0.25, 0.3) is 0 Å². The van der Waals surface area contributed by atoms with E-state index in [2.05, 4.69) is 10.6 Å². The van der Waals surface area contributed by atoms with Gasteiger partial charge in [-0.3, -0.25) is 14.4 Å². The molecule has 3 aromatic carbocycles. The van der Waals surface area contributed by atoms with Crippen LogP contribution in [0.2, 0.25) is 5.02 Å². The van der Waals surface area contributed by atoms with Crippen molar-refractivity contribution in [3.05, 3.63) is 88.0 Å². The summed E-state index contributed by atoms with van der Waals surface area (Å²) in [4.78, 5) is 39.3. The van der Waals surface area contributed by atoms with Crippen molar-refractivity contribution in [3.63, 3.8) is 0 Å². The molecular formula is C25H19Cl2N3O5. The zero-order chi connectivity index (χ0) is 25.1. The minimum Gasteiger partial charge on any atom is -0.497 e. The van der Waals surface area contributed by atoms with Crippen LogP contribution in [0.3, 0.4) is 0 Å². The van der Waals surface area contributed by atoms with Crippen molar-refractivity contribution < 1.29 is 23.9 Å². The van der Waals surface area contributed by atoms with Crippen LogP contribution < -0.4 is 25.0 Å². The summed E-state index contributed by atoms with van der Waals surface area (Å²) in [5.74, 6) is -0.902. The van der Waals surface area contributed by atoms with Crippen LogP contribution in [0.1, 0.15) is 10.4 Å². The quantitative estimate of drug-likeness (QED) is 0.431. The number of halogens is 2. The number of rotatable bonds is 7. The fourth-order valence-electron chi connectivity index (χ4n) is 3.42. The molecule has 0 aromatic heterocycles. The number of nitrogens with one attached hydrogen (secondary N) is 2. The highest BCUT2D eigenvalue weighted by atomic mass is 35.5. The standard InChI is InChI=1S/C25H19Cl2N3O5/c1-34-18-10-11-19(20(13-18)35-2)30-24(32)21(27)22(25(30)33)28-16-8-6-14(7-9-16)23(31)29-17-5-3-4-15(26)12-17/h3-13,28H,1-2H3,(H,29,31). The van der Waals surface area contributed by atoms with E-state index < -0.39 is 11.8 Å². The summed E-state index contributed by atoms with van der Waals surface area (Å²) in [7, 11) is 2.91. The molecule has 3 amide bonds. The third-order valence-electron chi connectivity index (χ3n) is 5.15. The number of carbonyl (C=O) groups excluding carboxylic acids is 3. The zero-order valence-corrected chi connectivity index (χ0v) is 20.1. The summed E-state index contributed by atoms with van der Waals surface area (Å²) >= 11 is 12.2. The predicted octanol–water partition coefficient (Wildman–Crippen LogP) is 5.05. The molecular weight excluding hydrogens is 493 g/mol. The molecule has 0 saturated heterocycles. The number of nitrogens with zero attached hydrogens (tertiary/aromatic N) is 1. The van der Waals surface area contributed by atoms with Crippen LogP contribution in [-0.2, 0) is 9.59 Å². The Balaban J connectivity index is 1.51. The second kappa shape index (κ2) is 10.1. The van der Waals surface area contributed by atoms with Gasteiger partial charge in [0.25, 0.3) is 17.7 Å². The van der Waals surface area contributed by atoms with Gasteiger partial charge < -0.3 is 20.1 Å². The first-order valence-corrected chi connectivity index (χ1v) is 11.0. The molecule has 1 aliphatic heterocycles. The lowest BCUT2D eigenvalue weighted by molar-refractivity contribution is -0.120. The highest BCUT2D eigenvalue weighted by molar-refractivity contribution is 6.53. The molecule has 0 aliphatic carbocycles. The van der Waals surface area contributed by atoms with Gasteiger partial charge in [-0.25, -0.2) is 4.90 Å². The average molecular weight is 512 g/mol. The molecule has 0 fully saturated rings. The molecule has 1 aliphatic rings. The van der Waals surface area contributed by atoms with Crippen molar-refractivity contribution in [1.82, 2.24) is 0 Å². The van der Waals surface area contributed by atoms with Gasteiger partial charge in [-0.05, 0) is 54.6 Å². The van der Waals surface area contributed by atoms with Crippen LogP contribution in [-0.4, -0.2) is 31.9 Å². The Morgan fingerprint density at radius 2 is 1.60 bits per heavy atom. The van der Waals surface area contributed by atoms with E-state index in [0.29, 0.717) is 27.7 Å². The Morgan fingerprint density at radius 1 is 0.857 bits per heavy atom. The maximum Gasteiger partial charge on any atom is 0.283 e. The second-order valence-corrected chi connectivity index (χ2v) is 8.15. The third-order valence-corrected chi connectivity index (χ3v) is 5.74. The molecule has 0 spiro atoms. The van der Waals surface area contributed by atoms with Gasteiger partial charge in [0.05, 0.1) is 19.9 Å². The SMILES string of the molecule is COc1ccc(N2C(=O)C(Cl)=C(Nc3ccc(C(=O)Nc4cccc(Cl)c4)cc3)C2=O)c(OC)c1. The molecule has 0 atom stereocenters. The van der Waals surface area contributed by atoms with Crippen LogP contribution in [0.4, 0.5) is 17.1 Å². The normalized spacial score (nSPS) is 13.2. The molecule has 0 unspecified atom stereocenters. The van der Waals surface area contributed by atoms with E-state index in [1.54, 1.807) is 60.7 Å². The highest BCUT2D eigenvalue weighted by Crippen LogP contribution is 2.37. The van der Waals surface area contributed by atoms with Crippen LogP contribution in [0, 0.1) is 0 Å². The Hall–Kier alpha value is -4.01. The van der Waals surface area contributed by atoms with Crippen molar-refractivity contribution in [2.24, 2.45) is 0 Å². The van der Waals surface area contributed by atoms with E-state index in [0.717, 1.165) is 4.90 Å². The van der Waals surface area contributed by atoms with Gasteiger partial charge in [-0.15, -0.1) is 0 Å². The number of amides is 3. The van der Waals surface area contributed by atoms with E-state index in [1.165, 1.54) is 20.3 Å². The van der Waals surface area contributed by atoms with Gasteiger partial charge in [-0.2, -0.15) is 0 Å². The Bertz CT molecular complexity index is 1360. The molecule has 8 nitrogen and oxygen atoms in total. The molecule has 178 valence electrons. The highest BCUT2D eigenvalue weighted by Gasteiger charge is 2.40. The topological polar surface area (TPSA) is 97.0 Å². The van der Waals surface area contributed by atoms with Gasteiger partial charge in [0.15, 0.2) is 0 Å². The monoisotopic (exact) mass is 511 g/mol. The van der Waals surface area contributed by atoms with Crippen LogP contribution in [0.5, 0.6) is 11.5 Å². The Labute approximate surface area is 211 Å². The molecule has 0 radical (unpaired) electrons. The number of hydrogen-bond acceptors (Lipinski definition) is 6. The molecule has 10 heteroatoms. The number of anilines is 3. The maximum absolute atomic E-state index is 13.1. The van der Waals surface area contributed by atoms with Crippen molar-refractivity contribution >= 4 is 58.0 Å².